The van der Waals surface area contributed by atoms with Crippen LogP contribution in [0, 0.1) is 0 Å². The number of para-hydroxylation sites is 1. The van der Waals surface area contributed by atoms with Crippen LogP contribution in [0.3, 0.4) is 0 Å². The minimum atomic E-state index is 0.984. The molecule has 2 nitrogen and oxygen atoms in total. The van der Waals surface area contributed by atoms with E-state index in [1.807, 2.05) is 0 Å². The molecule has 0 saturated heterocycles. The molecule has 0 bridgehead atoms. The van der Waals surface area contributed by atoms with E-state index >= 15 is 0 Å². The fraction of sp³-hybridized carbons (Fsp3) is 0. The van der Waals surface area contributed by atoms with Gasteiger partial charge in [-0.25, -0.2) is 4.98 Å². The van der Waals surface area contributed by atoms with E-state index in [-0.39, 0.29) is 0 Å². The predicted molar refractivity (Wildman–Crippen MR) is 156 cm³/mol. The Bertz CT molecular complexity index is 1970. The van der Waals surface area contributed by atoms with Crippen LogP contribution in [0.5, 0.6) is 0 Å². The number of rotatable bonds is 2. The molecule has 0 amide bonds. The fourth-order valence-electron chi connectivity index (χ4n) is 5.79. The van der Waals surface area contributed by atoms with Gasteiger partial charge in [-0.15, -0.1) is 0 Å². The molecule has 0 saturated carbocycles. The number of benzene rings is 5. The zero-order valence-electron chi connectivity index (χ0n) is 20.1. The number of aromatic nitrogens is 2. The molecule has 8 rings (SSSR count). The molecule has 3 aromatic heterocycles. The minimum absolute atomic E-state index is 0.984. The highest BCUT2D eigenvalue weighted by Crippen LogP contribution is 2.42. The summed E-state index contributed by atoms with van der Waals surface area (Å²) in [6.07, 6.45) is 0. The topological polar surface area (TPSA) is 17.3 Å². The Morgan fingerprint density at radius 3 is 1.76 bits per heavy atom. The van der Waals surface area contributed by atoms with E-state index in [0.29, 0.717) is 0 Å². The van der Waals surface area contributed by atoms with Gasteiger partial charge >= 0.3 is 0 Å². The molecule has 3 heterocycles. The highest BCUT2D eigenvalue weighted by Gasteiger charge is 2.20. The number of hydrogen-bond donors (Lipinski definition) is 0. The van der Waals surface area contributed by atoms with Gasteiger partial charge in [0.2, 0.25) is 0 Å². The summed E-state index contributed by atoms with van der Waals surface area (Å²) >= 11 is 0. The number of hydrogen-bond acceptors (Lipinski definition) is 1. The van der Waals surface area contributed by atoms with Crippen molar-refractivity contribution in [3.8, 4) is 22.4 Å². The molecule has 0 aliphatic rings. The quantitative estimate of drug-likeness (QED) is 0.182. The van der Waals surface area contributed by atoms with Crippen molar-refractivity contribution in [2.75, 3.05) is 0 Å². The van der Waals surface area contributed by atoms with E-state index in [4.69, 9.17) is 4.98 Å². The van der Waals surface area contributed by atoms with Crippen molar-refractivity contribution in [3.63, 3.8) is 0 Å². The molecule has 172 valence electrons. The molecule has 0 unspecified atom stereocenters. The maximum absolute atomic E-state index is 5.29. The largest absolute Gasteiger partial charge is 0.293 e. The van der Waals surface area contributed by atoms with Crippen LogP contribution in [-0.2, 0) is 0 Å². The van der Waals surface area contributed by atoms with Crippen molar-refractivity contribution in [3.05, 3.63) is 133 Å². The summed E-state index contributed by atoms with van der Waals surface area (Å²) in [4.78, 5) is 5.29. The van der Waals surface area contributed by atoms with E-state index in [9.17, 15) is 0 Å². The standard InChI is InChI=1S/C35H22N2/c1-3-11-23(12-4-1)28-22-33(24-13-5-2-6-14-24)37-34(28)30-20-26-16-8-7-15-25(26)19-29(30)31-21-27-17-9-10-18-32(27)36-35(31)37/h1-22H. The van der Waals surface area contributed by atoms with Gasteiger partial charge in [-0.1, -0.05) is 103 Å². The van der Waals surface area contributed by atoms with Crippen molar-refractivity contribution >= 4 is 49.0 Å². The average Bonchev–Trinajstić information content (AvgIpc) is 3.38. The maximum Gasteiger partial charge on any atom is 0.146 e. The van der Waals surface area contributed by atoms with Crippen LogP contribution in [0.25, 0.3) is 71.4 Å². The Labute approximate surface area is 214 Å². The first-order valence-corrected chi connectivity index (χ1v) is 12.7. The van der Waals surface area contributed by atoms with Crippen LogP contribution < -0.4 is 0 Å². The lowest BCUT2D eigenvalue weighted by atomic mass is 9.98. The van der Waals surface area contributed by atoms with Crippen LogP contribution in [0.1, 0.15) is 0 Å². The second-order valence-electron chi connectivity index (χ2n) is 9.66. The zero-order chi connectivity index (χ0) is 24.3. The molecule has 0 aliphatic heterocycles. The molecule has 2 heteroatoms. The third kappa shape index (κ3) is 3.03. The third-order valence-corrected chi connectivity index (χ3v) is 7.50. The first-order valence-electron chi connectivity index (χ1n) is 12.7. The van der Waals surface area contributed by atoms with Gasteiger partial charge < -0.3 is 0 Å². The fourth-order valence-corrected chi connectivity index (χ4v) is 5.79. The van der Waals surface area contributed by atoms with Crippen molar-refractivity contribution < 1.29 is 0 Å². The van der Waals surface area contributed by atoms with Crippen LogP contribution in [0.2, 0.25) is 0 Å². The maximum atomic E-state index is 5.29. The summed E-state index contributed by atoms with van der Waals surface area (Å²) in [5.41, 5.74) is 7.94. The van der Waals surface area contributed by atoms with Crippen molar-refractivity contribution in [1.29, 1.82) is 0 Å². The lowest BCUT2D eigenvalue weighted by Gasteiger charge is -2.14. The molecule has 8 aromatic rings. The molecule has 0 N–H and O–H groups in total. The summed E-state index contributed by atoms with van der Waals surface area (Å²) in [7, 11) is 0. The molecule has 5 aromatic carbocycles. The van der Waals surface area contributed by atoms with Gasteiger partial charge in [-0.3, -0.25) is 4.40 Å². The van der Waals surface area contributed by atoms with E-state index in [2.05, 4.69) is 138 Å². The number of pyridine rings is 2. The SMILES string of the molecule is c1ccc(-c2cc(-c3ccccc3)n3c4nc5ccccc5cc4c4cc5ccccc5cc4c23)cc1. The first kappa shape index (κ1) is 20.3. The minimum Gasteiger partial charge on any atom is -0.293 e. The van der Waals surface area contributed by atoms with E-state index in [1.54, 1.807) is 0 Å². The highest BCUT2D eigenvalue weighted by atomic mass is 15.0. The molecule has 37 heavy (non-hydrogen) atoms. The van der Waals surface area contributed by atoms with Crippen LogP contribution >= 0.6 is 0 Å². The van der Waals surface area contributed by atoms with Crippen molar-refractivity contribution in [1.82, 2.24) is 9.38 Å². The number of nitrogens with zero attached hydrogens (tertiary/aromatic N) is 2. The third-order valence-electron chi connectivity index (χ3n) is 7.50. The summed E-state index contributed by atoms with van der Waals surface area (Å²) in [5.74, 6) is 0. The first-order chi connectivity index (χ1) is 18.3. The van der Waals surface area contributed by atoms with Crippen molar-refractivity contribution in [2.45, 2.75) is 0 Å². The molecule has 0 fully saturated rings. The van der Waals surface area contributed by atoms with Crippen LogP contribution in [-0.4, -0.2) is 9.38 Å². The van der Waals surface area contributed by atoms with Gasteiger partial charge in [0.05, 0.1) is 16.7 Å². The summed E-state index contributed by atoms with van der Waals surface area (Å²) in [5, 5.41) is 7.27. The highest BCUT2D eigenvalue weighted by molar-refractivity contribution is 6.20. The van der Waals surface area contributed by atoms with Gasteiger partial charge in [-0.05, 0) is 57.6 Å². The lowest BCUT2D eigenvalue weighted by Crippen LogP contribution is -1.97. The second kappa shape index (κ2) is 7.78. The summed E-state index contributed by atoms with van der Waals surface area (Å²) < 4.78 is 2.39. The second-order valence-corrected chi connectivity index (χ2v) is 9.66. The van der Waals surface area contributed by atoms with Crippen LogP contribution in [0.4, 0.5) is 0 Å². The van der Waals surface area contributed by atoms with E-state index in [1.165, 1.54) is 49.1 Å². The number of fused-ring (bicyclic) bond motifs is 8. The Morgan fingerprint density at radius 2 is 1.03 bits per heavy atom. The van der Waals surface area contributed by atoms with Gasteiger partial charge in [0.1, 0.15) is 5.65 Å². The molecule has 0 aliphatic carbocycles. The predicted octanol–water partition coefficient (Wildman–Crippen LogP) is 9.28. The molecule has 0 spiro atoms. The Morgan fingerprint density at radius 1 is 0.459 bits per heavy atom. The van der Waals surface area contributed by atoms with Gasteiger partial charge in [0.25, 0.3) is 0 Å². The smallest absolute Gasteiger partial charge is 0.146 e. The molecule has 0 radical (unpaired) electrons. The average molecular weight is 471 g/mol. The van der Waals surface area contributed by atoms with Crippen LogP contribution in [0.15, 0.2) is 133 Å². The zero-order valence-corrected chi connectivity index (χ0v) is 20.1. The van der Waals surface area contributed by atoms with Gasteiger partial charge in [0, 0.05) is 21.7 Å². The lowest BCUT2D eigenvalue weighted by molar-refractivity contribution is 1.23. The summed E-state index contributed by atoms with van der Waals surface area (Å²) in [6.45, 7) is 0. The van der Waals surface area contributed by atoms with E-state index in [0.717, 1.165) is 22.2 Å². The summed E-state index contributed by atoms with van der Waals surface area (Å²) in [6, 6.07) is 47.8. The normalized spacial score (nSPS) is 11.8. The Kier molecular flexibility index (Phi) is 4.26. The molecule has 0 atom stereocenters. The van der Waals surface area contributed by atoms with E-state index < -0.39 is 0 Å². The monoisotopic (exact) mass is 470 g/mol. The Balaban J connectivity index is 1.68. The molecular formula is C35H22N2. The van der Waals surface area contributed by atoms with Gasteiger partial charge in [-0.2, -0.15) is 0 Å². The molecular weight excluding hydrogens is 448 g/mol. The van der Waals surface area contributed by atoms with Crippen molar-refractivity contribution in [2.24, 2.45) is 0 Å². The Hall–Kier alpha value is -4.95. The van der Waals surface area contributed by atoms with Gasteiger partial charge in [0.15, 0.2) is 0 Å².